The molecular weight excluding hydrogens is 432 g/mol. The summed E-state index contributed by atoms with van der Waals surface area (Å²) in [5.41, 5.74) is -0.918. The molecular formula is C27H28N2O5. The molecule has 0 N–H and O–H groups in total. The topological polar surface area (TPSA) is 95.5 Å². The van der Waals surface area contributed by atoms with Gasteiger partial charge in [-0.1, -0.05) is 32.6 Å². The molecule has 2 heterocycles. The summed E-state index contributed by atoms with van der Waals surface area (Å²) in [4.78, 5) is 48.9. The predicted octanol–water partition coefficient (Wildman–Crippen LogP) is 3.12. The number of allylic oxidation sites excluding steroid dienone is 1. The third-order valence-electron chi connectivity index (χ3n) is 9.10. The Morgan fingerprint density at radius 1 is 1.24 bits per heavy atom. The summed E-state index contributed by atoms with van der Waals surface area (Å²) in [6, 6.07) is 0. The lowest BCUT2D eigenvalue weighted by Crippen LogP contribution is -2.68. The van der Waals surface area contributed by atoms with E-state index in [4.69, 9.17) is 9.47 Å². The minimum absolute atomic E-state index is 0.000619. The molecule has 4 bridgehead atoms. The highest BCUT2D eigenvalue weighted by Crippen LogP contribution is 2.71. The van der Waals surface area contributed by atoms with Crippen molar-refractivity contribution < 1.29 is 23.9 Å². The van der Waals surface area contributed by atoms with E-state index in [0.29, 0.717) is 30.6 Å². The SMILES string of the molecule is C=C1C(=O)[C@@]23C(=O)[C@@H]4OC[C@]5(C=CCC(C)(C)[C@@H]45)[C@@H]2CC[C@@H]1[C@H]3OC(=O)/C=C/c1cncnc1. The Kier molecular flexibility index (Phi) is 4.47. The number of esters is 1. The zero-order valence-electron chi connectivity index (χ0n) is 19.4. The highest BCUT2D eigenvalue weighted by Gasteiger charge is 2.80. The number of aromatic nitrogens is 2. The van der Waals surface area contributed by atoms with Crippen LogP contribution >= 0.6 is 0 Å². The molecule has 0 aromatic carbocycles. The number of ether oxygens (including phenoxy) is 2. The van der Waals surface area contributed by atoms with Crippen LogP contribution in [0.3, 0.4) is 0 Å². The van der Waals surface area contributed by atoms with Crippen LogP contribution in [-0.4, -0.2) is 46.3 Å². The lowest BCUT2D eigenvalue weighted by molar-refractivity contribution is -0.187. The zero-order chi connectivity index (χ0) is 23.9. The van der Waals surface area contributed by atoms with E-state index in [-0.39, 0.29) is 34.7 Å². The maximum Gasteiger partial charge on any atom is 0.331 e. The van der Waals surface area contributed by atoms with Crippen molar-refractivity contribution in [2.24, 2.45) is 34.0 Å². The van der Waals surface area contributed by atoms with E-state index in [1.54, 1.807) is 18.5 Å². The molecule has 1 aliphatic heterocycles. The molecule has 176 valence electrons. The summed E-state index contributed by atoms with van der Waals surface area (Å²) in [7, 11) is 0. The number of ketones is 2. The van der Waals surface area contributed by atoms with Crippen molar-refractivity contribution in [3.8, 4) is 0 Å². The second kappa shape index (κ2) is 7.04. The van der Waals surface area contributed by atoms with Gasteiger partial charge in [-0.25, -0.2) is 14.8 Å². The molecule has 0 unspecified atom stereocenters. The molecule has 7 atom stereocenters. The number of carbonyl (C=O) groups is 3. The molecule has 4 aliphatic carbocycles. The third-order valence-corrected chi connectivity index (χ3v) is 9.10. The molecule has 1 spiro atoms. The number of hydrogen-bond acceptors (Lipinski definition) is 7. The maximum atomic E-state index is 14.2. The fraction of sp³-hybridized carbons (Fsp3) is 0.519. The normalized spacial score (nSPS) is 41.5. The lowest BCUT2D eigenvalue weighted by Gasteiger charge is -2.59. The fourth-order valence-corrected chi connectivity index (χ4v) is 7.93. The number of rotatable bonds is 3. The van der Waals surface area contributed by atoms with Gasteiger partial charge >= 0.3 is 5.97 Å². The van der Waals surface area contributed by atoms with Gasteiger partial charge in [0, 0.05) is 41.3 Å². The quantitative estimate of drug-likeness (QED) is 0.296. The number of Topliss-reactive ketones (excluding diaryl/α,β-unsaturated/α-hetero) is 2. The standard InChI is InChI=1S/C27H28N2O5/c1-15-17-6-7-18-26-10-4-9-25(2,3)21(26)20(33-13-26)23(32)27(18,22(15)31)24(17)34-19(30)8-5-16-11-28-14-29-12-16/h4-5,8,10-12,14,17-18,20-21,24H,1,6-7,9,13H2,2-3H3/b8-5+/t17-,18-,20+,21+,24+,26+,27+/m0/s1. The highest BCUT2D eigenvalue weighted by molar-refractivity contribution is 6.20. The Morgan fingerprint density at radius 3 is 2.76 bits per heavy atom. The molecule has 0 amide bonds. The molecule has 1 aromatic heterocycles. The van der Waals surface area contributed by atoms with Gasteiger partial charge in [0.25, 0.3) is 0 Å². The Labute approximate surface area is 198 Å². The molecule has 7 heteroatoms. The van der Waals surface area contributed by atoms with Crippen molar-refractivity contribution >= 4 is 23.6 Å². The molecule has 34 heavy (non-hydrogen) atoms. The first-order valence-electron chi connectivity index (χ1n) is 11.9. The molecule has 0 radical (unpaired) electrons. The molecule has 4 fully saturated rings. The first-order valence-corrected chi connectivity index (χ1v) is 11.9. The molecule has 7 nitrogen and oxygen atoms in total. The Balaban J connectivity index is 1.42. The van der Waals surface area contributed by atoms with Gasteiger partial charge in [-0.15, -0.1) is 0 Å². The lowest BCUT2D eigenvalue weighted by atomic mass is 9.41. The smallest absolute Gasteiger partial charge is 0.331 e. The minimum atomic E-state index is -1.42. The first-order chi connectivity index (χ1) is 16.2. The van der Waals surface area contributed by atoms with E-state index < -0.39 is 29.0 Å². The van der Waals surface area contributed by atoms with Gasteiger partial charge in [0.2, 0.25) is 0 Å². The summed E-state index contributed by atoms with van der Waals surface area (Å²) >= 11 is 0. The van der Waals surface area contributed by atoms with Gasteiger partial charge < -0.3 is 9.47 Å². The largest absolute Gasteiger partial charge is 0.457 e. The predicted molar refractivity (Wildman–Crippen MR) is 122 cm³/mol. The average Bonchev–Trinajstić information content (AvgIpc) is 3.24. The van der Waals surface area contributed by atoms with Gasteiger partial charge in [-0.2, -0.15) is 0 Å². The number of hydrogen-bond donors (Lipinski definition) is 0. The second-order valence-corrected chi connectivity index (χ2v) is 11.1. The Hall–Kier alpha value is -2.93. The van der Waals surface area contributed by atoms with Crippen molar-refractivity contribution in [1.82, 2.24) is 9.97 Å². The number of nitrogens with zero attached hydrogens (tertiary/aromatic N) is 2. The van der Waals surface area contributed by atoms with Gasteiger partial charge in [0.15, 0.2) is 11.6 Å². The van der Waals surface area contributed by atoms with Crippen molar-refractivity contribution in [2.45, 2.75) is 45.3 Å². The molecule has 1 aromatic rings. The number of fused-ring (bicyclic) bond motifs is 1. The van der Waals surface area contributed by atoms with Crippen LogP contribution in [0.4, 0.5) is 0 Å². The minimum Gasteiger partial charge on any atom is -0.457 e. The Morgan fingerprint density at radius 2 is 2.00 bits per heavy atom. The van der Waals surface area contributed by atoms with Crippen LogP contribution in [0.15, 0.2) is 49.1 Å². The van der Waals surface area contributed by atoms with Gasteiger partial charge in [-0.3, -0.25) is 9.59 Å². The zero-order valence-corrected chi connectivity index (χ0v) is 19.4. The average molecular weight is 461 g/mol. The van der Waals surface area contributed by atoms with E-state index in [1.165, 1.54) is 12.4 Å². The van der Waals surface area contributed by atoms with Crippen molar-refractivity contribution in [2.75, 3.05) is 6.61 Å². The van der Waals surface area contributed by atoms with E-state index >= 15 is 0 Å². The molecule has 5 aliphatic rings. The van der Waals surface area contributed by atoms with Crippen LogP contribution in [0.1, 0.15) is 38.7 Å². The van der Waals surface area contributed by atoms with Crippen molar-refractivity contribution in [1.29, 1.82) is 0 Å². The van der Waals surface area contributed by atoms with E-state index in [9.17, 15) is 14.4 Å². The van der Waals surface area contributed by atoms with Crippen molar-refractivity contribution in [3.05, 3.63) is 54.7 Å². The first kappa shape index (κ1) is 21.6. The van der Waals surface area contributed by atoms with Crippen LogP contribution < -0.4 is 0 Å². The Bertz CT molecular complexity index is 1170. The van der Waals surface area contributed by atoms with E-state index in [0.717, 1.165) is 6.42 Å². The van der Waals surface area contributed by atoms with Gasteiger partial charge in [-0.05, 0) is 42.2 Å². The van der Waals surface area contributed by atoms with E-state index in [1.807, 2.05) is 0 Å². The monoisotopic (exact) mass is 460 g/mol. The van der Waals surface area contributed by atoms with E-state index in [2.05, 4.69) is 42.5 Å². The van der Waals surface area contributed by atoms with Gasteiger partial charge in [0.05, 0.1) is 6.61 Å². The summed E-state index contributed by atoms with van der Waals surface area (Å²) in [6.07, 6.45) is 12.5. The van der Waals surface area contributed by atoms with Crippen LogP contribution in [0.2, 0.25) is 0 Å². The van der Waals surface area contributed by atoms with Crippen molar-refractivity contribution in [3.63, 3.8) is 0 Å². The van der Waals surface area contributed by atoms with Gasteiger partial charge in [0.1, 0.15) is 24.0 Å². The maximum absolute atomic E-state index is 14.2. The van der Waals surface area contributed by atoms with Crippen LogP contribution in [0.5, 0.6) is 0 Å². The van der Waals surface area contributed by atoms with Crippen LogP contribution in [0, 0.1) is 34.0 Å². The third kappa shape index (κ3) is 2.53. The summed E-state index contributed by atoms with van der Waals surface area (Å²) in [5, 5.41) is 0. The molecule has 1 saturated heterocycles. The summed E-state index contributed by atoms with van der Waals surface area (Å²) in [6.45, 7) is 8.84. The molecule has 3 saturated carbocycles. The summed E-state index contributed by atoms with van der Waals surface area (Å²) < 4.78 is 12.2. The van der Waals surface area contributed by atoms with Crippen LogP contribution in [0.25, 0.3) is 6.08 Å². The summed E-state index contributed by atoms with van der Waals surface area (Å²) in [5.74, 6) is -1.70. The van der Waals surface area contributed by atoms with Crippen LogP contribution in [-0.2, 0) is 23.9 Å². The number of carbonyl (C=O) groups excluding carboxylic acids is 3. The molecule has 6 rings (SSSR count). The highest BCUT2D eigenvalue weighted by atomic mass is 16.5. The fourth-order valence-electron chi connectivity index (χ4n) is 7.93. The second-order valence-electron chi connectivity index (χ2n) is 11.1.